The molecule has 1 rings (SSSR count). The van der Waals surface area contributed by atoms with Gasteiger partial charge in [-0.1, -0.05) is 18.6 Å². The lowest BCUT2D eigenvalue weighted by molar-refractivity contribution is -0.132. The van der Waals surface area contributed by atoms with Gasteiger partial charge in [0, 0.05) is 25.5 Å². The second-order valence-electron chi connectivity index (χ2n) is 9.33. The van der Waals surface area contributed by atoms with Gasteiger partial charge in [-0.15, -0.1) is 0 Å². The predicted octanol–water partition coefficient (Wildman–Crippen LogP) is -1.86. The molecule has 0 saturated carbocycles. The first-order chi connectivity index (χ1) is 18.5. The van der Waals surface area contributed by atoms with Crippen molar-refractivity contribution in [3.05, 3.63) is 29.8 Å². The van der Waals surface area contributed by atoms with Gasteiger partial charge in [0.1, 0.15) is 29.9 Å². The molecule has 1 aromatic carbocycles. The van der Waals surface area contributed by atoms with Crippen LogP contribution in [0.25, 0.3) is 0 Å². The molecule has 4 amide bonds. The Labute approximate surface area is 227 Å². The number of hydrogen-bond donors (Lipinski definition) is 8. The molecule has 13 nitrogen and oxygen atoms in total. The number of nitrogens with two attached hydrogens (primary N) is 1. The van der Waals surface area contributed by atoms with E-state index >= 15 is 0 Å². The van der Waals surface area contributed by atoms with Gasteiger partial charge in [0.15, 0.2) is 0 Å². The van der Waals surface area contributed by atoms with Crippen LogP contribution in [0.2, 0.25) is 0 Å². The van der Waals surface area contributed by atoms with Crippen molar-refractivity contribution in [1.29, 1.82) is 0 Å². The van der Waals surface area contributed by atoms with Crippen molar-refractivity contribution in [3.63, 3.8) is 0 Å². The number of nitrogens with one attached hydrogen (secondary N) is 4. The molecule has 0 aliphatic heterocycles. The van der Waals surface area contributed by atoms with Crippen LogP contribution in [0.1, 0.15) is 45.1 Å². The van der Waals surface area contributed by atoms with E-state index in [4.69, 9.17) is 10.8 Å². The minimum Gasteiger partial charge on any atom is -0.508 e. The first-order valence-corrected chi connectivity index (χ1v) is 12.8. The van der Waals surface area contributed by atoms with E-state index in [0.717, 1.165) is 24.8 Å². The monoisotopic (exact) mass is 550 g/mol. The van der Waals surface area contributed by atoms with E-state index < -0.39 is 61.0 Å². The van der Waals surface area contributed by atoms with Gasteiger partial charge < -0.3 is 42.3 Å². The highest BCUT2D eigenvalue weighted by atomic mass is 16.3. The van der Waals surface area contributed by atoms with E-state index in [9.17, 15) is 34.2 Å². The van der Waals surface area contributed by atoms with Crippen LogP contribution in [-0.2, 0) is 30.4 Å². The normalized spacial score (nSPS) is 14.7. The van der Waals surface area contributed by atoms with E-state index in [-0.39, 0.29) is 24.6 Å². The van der Waals surface area contributed by atoms with Crippen molar-refractivity contribution < 1.29 is 39.3 Å². The third-order valence-corrected chi connectivity index (χ3v) is 6.03. The van der Waals surface area contributed by atoms with Crippen LogP contribution in [0.4, 0.5) is 0 Å². The summed E-state index contributed by atoms with van der Waals surface area (Å²) < 4.78 is 0. The number of rotatable bonds is 18. The molecule has 39 heavy (non-hydrogen) atoms. The summed E-state index contributed by atoms with van der Waals surface area (Å²) in [4.78, 5) is 60.1. The highest BCUT2D eigenvalue weighted by Gasteiger charge is 2.26. The van der Waals surface area contributed by atoms with Gasteiger partial charge in [-0.3, -0.25) is 24.0 Å². The quantitative estimate of drug-likeness (QED) is 0.0959. The van der Waals surface area contributed by atoms with Gasteiger partial charge in [0.2, 0.25) is 29.9 Å². The summed E-state index contributed by atoms with van der Waals surface area (Å²) in [6.07, 6.45) is 4.91. The SMILES string of the molecule is C[C@H](NC(=O)[C@H](C)NC(=O)[C@@H](N)CO)C(=O)NCC(CO)[C@@H]([C]=O)NC(=O)CCCCCc1ccc(O)cc1. The Morgan fingerprint density at radius 2 is 1.49 bits per heavy atom. The lowest BCUT2D eigenvalue weighted by Gasteiger charge is -2.23. The summed E-state index contributed by atoms with van der Waals surface area (Å²) in [5.41, 5.74) is 6.47. The van der Waals surface area contributed by atoms with Crippen molar-refractivity contribution in [3.8, 4) is 5.75 Å². The number of phenolic OH excluding ortho intramolecular Hbond substituents is 1. The fourth-order valence-corrected chi connectivity index (χ4v) is 3.49. The number of aliphatic hydroxyl groups excluding tert-OH is 2. The summed E-state index contributed by atoms with van der Waals surface area (Å²) in [5.74, 6) is -3.02. The molecule has 1 radical (unpaired) electrons. The van der Waals surface area contributed by atoms with Gasteiger partial charge in [0.05, 0.1) is 6.61 Å². The first-order valence-electron chi connectivity index (χ1n) is 12.8. The maximum Gasteiger partial charge on any atom is 0.242 e. The number of hydrogen-bond acceptors (Lipinski definition) is 9. The summed E-state index contributed by atoms with van der Waals surface area (Å²) in [6, 6.07) is 2.56. The molecule has 0 fully saturated rings. The molecule has 217 valence electrons. The Morgan fingerprint density at radius 1 is 0.872 bits per heavy atom. The molecular weight excluding hydrogens is 510 g/mol. The highest BCUT2D eigenvalue weighted by molar-refractivity contribution is 5.92. The minimum absolute atomic E-state index is 0.167. The Balaban J connectivity index is 2.42. The lowest BCUT2D eigenvalue weighted by atomic mass is 10.0. The predicted molar refractivity (Wildman–Crippen MR) is 142 cm³/mol. The number of unbranched alkanes of at least 4 members (excludes halogenated alkanes) is 2. The standard InChI is InChI=1S/C26H40N5O8/c1-16(29-25(38)17(2)30-26(39)21(27)14-33)24(37)28-12-19(13-32)22(15-34)31-23(36)7-5-3-4-6-18-8-10-20(35)11-9-18/h8-11,16-17,19,21-22,32-33,35H,3-7,12-14,27H2,1-2H3,(H,28,37)(H,29,38)(H,30,39)(H,31,36)/t16-,17-,19?,21-,22+/m0/s1. The summed E-state index contributed by atoms with van der Waals surface area (Å²) in [5, 5.41) is 37.7. The summed E-state index contributed by atoms with van der Waals surface area (Å²) in [7, 11) is 0. The van der Waals surface area contributed by atoms with Crippen molar-refractivity contribution in [1.82, 2.24) is 21.3 Å². The molecule has 5 atom stereocenters. The van der Waals surface area contributed by atoms with Gasteiger partial charge in [-0.25, -0.2) is 0 Å². The number of benzene rings is 1. The van der Waals surface area contributed by atoms with Crippen LogP contribution < -0.4 is 27.0 Å². The number of carbonyl (C=O) groups excluding carboxylic acids is 5. The average Bonchev–Trinajstić information content (AvgIpc) is 2.92. The third kappa shape index (κ3) is 12.7. The molecule has 13 heteroatoms. The molecule has 9 N–H and O–H groups in total. The number of aromatic hydroxyl groups is 1. The fraction of sp³-hybridized carbons (Fsp3) is 0.577. The lowest BCUT2D eigenvalue weighted by Crippen LogP contribution is -2.55. The largest absolute Gasteiger partial charge is 0.508 e. The third-order valence-electron chi connectivity index (χ3n) is 6.03. The number of carbonyl (C=O) groups is 4. The highest BCUT2D eigenvalue weighted by Crippen LogP contribution is 2.13. The minimum atomic E-state index is -1.18. The van der Waals surface area contributed by atoms with Gasteiger partial charge >= 0.3 is 0 Å². The average molecular weight is 551 g/mol. The number of aliphatic hydroxyl groups is 2. The molecule has 0 heterocycles. The van der Waals surface area contributed by atoms with E-state index in [1.807, 2.05) is 12.1 Å². The zero-order chi connectivity index (χ0) is 29.4. The van der Waals surface area contributed by atoms with Crippen LogP contribution in [0.3, 0.4) is 0 Å². The van der Waals surface area contributed by atoms with Crippen molar-refractivity contribution in [2.24, 2.45) is 11.7 Å². The second-order valence-corrected chi connectivity index (χ2v) is 9.33. The molecule has 0 aromatic heterocycles. The van der Waals surface area contributed by atoms with E-state index in [0.29, 0.717) is 6.42 Å². The van der Waals surface area contributed by atoms with Gasteiger partial charge in [-0.2, -0.15) is 0 Å². The number of phenols is 1. The molecule has 1 unspecified atom stereocenters. The van der Waals surface area contributed by atoms with Crippen LogP contribution >= 0.6 is 0 Å². The zero-order valence-corrected chi connectivity index (χ0v) is 22.3. The van der Waals surface area contributed by atoms with Crippen molar-refractivity contribution in [2.75, 3.05) is 19.8 Å². The second kappa shape index (κ2) is 17.9. The Hall–Kier alpha value is -3.55. The molecule has 0 spiro atoms. The first kappa shape index (κ1) is 33.5. The van der Waals surface area contributed by atoms with E-state index in [1.54, 1.807) is 18.4 Å². The van der Waals surface area contributed by atoms with Crippen LogP contribution in [-0.4, -0.2) is 89.2 Å². The van der Waals surface area contributed by atoms with Crippen molar-refractivity contribution in [2.45, 2.75) is 70.1 Å². The zero-order valence-electron chi connectivity index (χ0n) is 22.3. The Kier molecular flexibility index (Phi) is 15.3. The number of aryl methyl sites for hydroxylation is 1. The molecule has 0 aliphatic rings. The smallest absolute Gasteiger partial charge is 0.242 e. The molecule has 0 bridgehead atoms. The maximum atomic E-state index is 12.4. The molecule has 0 aliphatic carbocycles. The molecule has 0 saturated heterocycles. The number of amides is 4. The van der Waals surface area contributed by atoms with Crippen LogP contribution in [0.5, 0.6) is 5.75 Å². The summed E-state index contributed by atoms with van der Waals surface area (Å²) >= 11 is 0. The van der Waals surface area contributed by atoms with Crippen molar-refractivity contribution >= 4 is 29.9 Å². The maximum absolute atomic E-state index is 12.4. The summed E-state index contributed by atoms with van der Waals surface area (Å²) in [6.45, 7) is 1.52. The van der Waals surface area contributed by atoms with Crippen LogP contribution in [0, 0.1) is 5.92 Å². The van der Waals surface area contributed by atoms with Gasteiger partial charge in [0.25, 0.3) is 0 Å². The molecule has 1 aromatic rings. The topological polar surface area (TPSA) is 220 Å². The fourth-order valence-electron chi connectivity index (χ4n) is 3.49. The Morgan fingerprint density at radius 3 is 2.08 bits per heavy atom. The van der Waals surface area contributed by atoms with E-state index in [2.05, 4.69) is 21.3 Å². The Bertz CT molecular complexity index is 943. The molecular formula is C26H40N5O8. The van der Waals surface area contributed by atoms with Gasteiger partial charge in [-0.05, 0) is 50.8 Å². The van der Waals surface area contributed by atoms with E-state index in [1.165, 1.54) is 13.8 Å². The van der Waals surface area contributed by atoms with Crippen LogP contribution in [0.15, 0.2) is 24.3 Å².